The normalized spacial score (nSPS) is 16.3. The Morgan fingerprint density at radius 1 is 1.00 bits per heavy atom. The van der Waals surface area contributed by atoms with Crippen molar-refractivity contribution < 1.29 is 14.2 Å². The summed E-state index contributed by atoms with van der Waals surface area (Å²) in [6.45, 7) is 5.33. The molecule has 180 valence electrons. The summed E-state index contributed by atoms with van der Waals surface area (Å²) in [5, 5.41) is 11.5. The van der Waals surface area contributed by atoms with Crippen LogP contribution < -0.4 is 30.3 Å². The largest absolute Gasteiger partial charge is 0.497 e. The number of para-hydroxylation sites is 1. The lowest BCUT2D eigenvalue weighted by molar-refractivity contribution is 0.207. The lowest BCUT2D eigenvalue weighted by Crippen LogP contribution is -2.46. The SMILES string of the molecule is COCCN(c1ccc(OC)cc1)c1cccc2c1NC(C)(Nc1c(C)cc(Cl)cc1OC)N2. The minimum absolute atomic E-state index is 0.583. The number of hydrogen-bond donors (Lipinski definition) is 3. The molecule has 8 heteroatoms. The van der Waals surface area contributed by atoms with Crippen LogP contribution >= 0.6 is 11.6 Å². The molecule has 0 fully saturated rings. The van der Waals surface area contributed by atoms with Gasteiger partial charge in [0.15, 0.2) is 5.79 Å². The standard InChI is InChI=1S/C26H31ClN4O3/c1-17-15-18(27)16-23(34-5)24(17)29-26(2)28-21-7-6-8-22(25(21)30-26)31(13-14-32-3)19-9-11-20(33-4)12-10-19/h6-12,15-16,28-30H,13-14H2,1-5H3. The zero-order valence-electron chi connectivity index (χ0n) is 20.2. The average Bonchev–Trinajstić information content (AvgIpc) is 3.18. The van der Waals surface area contributed by atoms with E-state index >= 15 is 0 Å². The maximum atomic E-state index is 6.24. The first-order chi connectivity index (χ1) is 16.4. The Morgan fingerprint density at radius 3 is 2.44 bits per heavy atom. The van der Waals surface area contributed by atoms with Crippen LogP contribution in [-0.2, 0) is 4.74 Å². The Hall–Kier alpha value is -3.29. The molecule has 1 atom stereocenters. The van der Waals surface area contributed by atoms with Crippen molar-refractivity contribution in [2.24, 2.45) is 0 Å². The number of anilines is 5. The van der Waals surface area contributed by atoms with Crippen molar-refractivity contribution >= 4 is 40.0 Å². The molecule has 0 aromatic heterocycles. The number of aryl methyl sites for hydroxylation is 1. The van der Waals surface area contributed by atoms with Gasteiger partial charge >= 0.3 is 0 Å². The first-order valence-electron chi connectivity index (χ1n) is 11.1. The van der Waals surface area contributed by atoms with Crippen LogP contribution in [0.5, 0.6) is 11.5 Å². The third-order valence-corrected chi connectivity index (χ3v) is 6.07. The molecule has 3 aromatic rings. The Labute approximate surface area is 206 Å². The highest BCUT2D eigenvalue weighted by atomic mass is 35.5. The van der Waals surface area contributed by atoms with Crippen LogP contribution in [0.1, 0.15) is 12.5 Å². The molecule has 1 aliphatic heterocycles. The number of ether oxygens (including phenoxy) is 3. The number of rotatable bonds is 9. The molecular formula is C26H31ClN4O3. The van der Waals surface area contributed by atoms with Crippen LogP contribution in [0.3, 0.4) is 0 Å². The van der Waals surface area contributed by atoms with Crippen molar-refractivity contribution in [1.82, 2.24) is 0 Å². The van der Waals surface area contributed by atoms with Crippen molar-refractivity contribution in [3.05, 3.63) is 65.2 Å². The minimum Gasteiger partial charge on any atom is -0.497 e. The van der Waals surface area contributed by atoms with E-state index in [1.54, 1.807) is 21.3 Å². The molecule has 4 rings (SSSR count). The van der Waals surface area contributed by atoms with Gasteiger partial charge in [0.05, 0.1) is 43.6 Å². The number of halogens is 1. The summed E-state index contributed by atoms with van der Waals surface area (Å²) in [6.07, 6.45) is 0. The van der Waals surface area contributed by atoms with E-state index in [0.29, 0.717) is 23.9 Å². The molecule has 0 aliphatic carbocycles. The van der Waals surface area contributed by atoms with Gasteiger partial charge in [0, 0.05) is 30.4 Å². The predicted molar refractivity (Wildman–Crippen MR) is 140 cm³/mol. The summed E-state index contributed by atoms with van der Waals surface area (Å²) in [7, 11) is 5.02. The van der Waals surface area contributed by atoms with Crippen LogP contribution in [0.4, 0.5) is 28.4 Å². The summed E-state index contributed by atoms with van der Waals surface area (Å²) in [5.74, 6) is 0.848. The number of methoxy groups -OCH3 is 3. The summed E-state index contributed by atoms with van der Waals surface area (Å²) >= 11 is 6.24. The zero-order valence-corrected chi connectivity index (χ0v) is 20.9. The number of nitrogens with one attached hydrogen (secondary N) is 3. The number of fused-ring (bicyclic) bond motifs is 1. The van der Waals surface area contributed by atoms with Crippen molar-refractivity contribution in [3.63, 3.8) is 0 Å². The Balaban J connectivity index is 1.67. The van der Waals surface area contributed by atoms with Crippen LogP contribution in [-0.4, -0.2) is 40.3 Å². The Kier molecular flexibility index (Phi) is 6.95. The molecule has 7 nitrogen and oxygen atoms in total. The Bertz CT molecular complexity index is 1160. The molecule has 0 saturated carbocycles. The van der Waals surface area contributed by atoms with E-state index in [1.807, 2.05) is 37.3 Å². The number of nitrogens with zero attached hydrogens (tertiary/aromatic N) is 1. The second-order valence-electron chi connectivity index (χ2n) is 8.34. The quantitative estimate of drug-likeness (QED) is 0.342. The lowest BCUT2D eigenvalue weighted by Gasteiger charge is -2.31. The molecule has 3 N–H and O–H groups in total. The van der Waals surface area contributed by atoms with Gasteiger partial charge in [-0.2, -0.15) is 0 Å². The highest BCUT2D eigenvalue weighted by molar-refractivity contribution is 6.31. The van der Waals surface area contributed by atoms with Crippen molar-refractivity contribution in [3.8, 4) is 11.5 Å². The van der Waals surface area contributed by atoms with E-state index in [-0.39, 0.29) is 0 Å². The Morgan fingerprint density at radius 2 is 1.76 bits per heavy atom. The molecule has 0 bridgehead atoms. The molecule has 34 heavy (non-hydrogen) atoms. The predicted octanol–water partition coefficient (Wildman–Crippen LogP) is 6.07. The zero-order chi connectivity index (χ0) is 24.3. The summed E-state index contributed by atoms with van der Waals surface area (Å²) in [4.78, 5) is 2.23. The van der Waals surface area contributed by atoms with Gasteiger partial charge in [-0.15, -0.1) is 0 Å². The van der Waals surface area contributed by atoms with Gasteiger partial charge in [-0.3, -0.25) is 0 Å². The van der Waals surface area contributed by atoms with E-state index in [4.69, 9.17) is 25.8 Å². The fourth-order valence-electron chi connectivity index (χ4n) is 4.23. The first kappa shape index (κ1) is 23.9. The number of benzene rings is 3. The van der Waals surface area contributed by atoms with Gasteiger partial charge in [0.25, 0.3) is 0 Å². The summed E-state index contributed by atoms with van der Waals surface area (Å²) in [6, 6.07) is 18.0. The maximum Gasteiger partial charge on any atom is 0.182 e. The molecule has 1 unspecified atom stereocenters. The van der Waals surface area contributed by atoms with E-state index in [1.165, 1.54) is 0 Å². The highest BCUT2D eigenvalue weighted by Gasteiger charge is 2.35. The van der Waals surface area contributed by atoms with E-state index in [9.17, 15) is 0 Å². The van der Waals surface area contributed by atoms with Crippen molar-refractivity contribution in [2.75, 3.05) is 55.3 Å². The first-order valence-corrected chi connectivity index (χ1v) is 11.5. The van der Waals surface area contributed by atoms with Crippen molar-refractivity contribution in [2.45, 2.75) is 19.6 Å². The number of hydrogen-bond acceptors (Lipinski definition) is 7. The average molecular weight is 483 g/mol. The smallest absolute Gasteiger partial charge is 0.182 e. The molecule has 0 amide bonds. The maximum absolute atomic E-state index is 6.24. The van der Waals surface area contributed by atoms with Gasteiger partial charge in [0.2, 0.25) is 0 Å². The second-order valence-corrected chi connectivity index (χ2v) is 8.78. The molecule has 1 heterocycles. The van der Waals surface area contributed by atoms with E-state index in [2.05, 4.69) is 52.0 Å². The van der Waals surface area contributed by atoms with Crippen LogP contribution in [0.25, 0.3) is 0 Å². The van der Waals surface area contributed by atoms with Crippen LogP contribution in [0.2, 0.25) is 5.02 Å². The highest BCUT2D eigenvalue weighted by Crippen LogP contribution is 2.45. The monoisotopic (exact) mass is 482 g/mol. The minimum atomic E-state index is -0.656. The van der Waals surface area contributed by atoms with Gasteiger partial charge in [-0.1, -0.05) is 17.7 Å². The van der Waals surface area contributed by atoms with Gasteiger partial charge < -0.3 is 35.1 Å². The molecule has 1 aliphatic rings. The van der Waals surface area contributed by atoms with Crippen LogP contribution in [0.15, 0.2) is 54.6 Å². The van der Waals surface area contributed by atoms with Gasteiger partial charge in [-0.05, 0) is 61.9 Å². The third kappa shape index (κ3) is 4.81. The van der Waals surface area contributed by atoms with Crippen molar-refractivity contribution in [1.29, 1.82) is 0 Å². The van der Waals surface area contributed by atoms with Gasteiger partial charge in [-0.25, -0.2) is 0 Å². The van der Waals surface area contributed by atoms with E-state index < -0.39 is 5.79 Å². The van der Waals surface area contributed by atoms with E-state index in [0.717, 1.165) is 39.7 Å². The molecule has 0 spiro atoms. The molecule has 0 saturated heterocycles. The third-order valence-electron chi connectivity index (χ3n) is 5.86. The fourth-order valence-corrected chi connectivity index (χ4v) is 4.49. The molecular weight excluding hydrogens is 452 g/mol. The topological polar surface area (TPSA) is 67.0 Å². The van der Waals surface area contributed by atoms with Gasteiger partial charge in [0.1, 0.15) is 11.5 Å². The lowest BCUT2D eigenvalue weighted by atomic mass is 10.1. The van der Waals surface area contributed by atoms with Crippen LogP contribution in [0, 0.1) is 6.92 Å². The molecule has 0 radical (unpaired) electrons. The summed E-state index contributed by atoms with van der Waals surface area (Å²) < 4.78 is 16.3. The second kappa shape index (κ2) is 9.91. The fraction of sp³-hybridized carbons (Fsp3) is 0.308. The molecule has 3 aromatic carbocycles. The summed E-state index contributed by atoms with van der Waals surface area (Å²) in [5.41, 5.74) is 5.94.